The summed E-state index contributed by atoms with van der Waals surface area (Å²) in [7, 11) is -0.264. The van der Waals surface area contributed by atoms with Gasteiger partial charge in [-0.15, -0.1) is 0 Å². The smallest absolute Gasteiger partial charge is 0.399 e. The van der Waals surface area contributed by atoms with Gasteiger partial charge in [-0.05, 0) is 77.0 Å². The number of hydrogen-bond donors (Lipinski definition) is 0. The maximum absolute atomic E-state index is 6.18. The Morgan fingerprint density at radius 3 is 2.09 bits per heavy atom. The number of anilines is 1. The van der Waals surface area contributed by atoms with Gasteiger partial charge in [-0.3, -0.25) is 0 Å². The average Bonchev–Trinajstić information content (AvgIpc) is 2.68. The Morgan fingerprint density at radius 2 is 1.55 bits per heavy atom. The van der Waals surface area contributed by atoms with Gasteiger partial charge in [-0.2, -0.15) is 0 Å². The van der Waals surface area contributed by atoms with Gasteiger partial charge < -0.3 is 14.2 Å². The van der Waals surface area contributed by atoms with E-state index in [1.54, 1.807) is 0 Å². The lowest BCUT2D eigenvalue weighted by Crippen LogP contribution is -2.41. The van der Waals surface area contributed by atoms with Crippen LogP contribution in [0.15, 0.2) is 18.2 Å². The molecule has 1 aromatic carbocycles. The van der Waals surface area contributed by atoms with Crippen LogP contribution in [0.25, 0.3) is 0 Å². The predicted molar refractivity (Wildman–Crippen MR) is 93.0 cm³/mol. The topological polar surface area (TPSA) is 21.7 Å². The van der Waals surface area contributed by atoms with E-state index in [1.165, 1.54) is 43.6 Å². The van der Waals surface area contributed by atoms with Crippen LogP contribution in [0.1, 0.15) is 52.5 Å². The van der Waals surface area contributed by atoms with Crippen LogP contribution in [-0.2, 0) is 9.31 Å². The molecule has 120 valence electrons. The van der Waals surface area contributed by atoms with Crippen molar-refractivity contribution < 1.29 is 9.31 Å². The summed E-state index contributed by atoms with van der Waals surface area (Å²) in [5, 5.41) is 0. The normalized spacial score (nSPS) is 23.9. The number of benzene rings is 1. The Labute approximate surface area is 135 Å². The first-order chi connectivity index (χ1) is 10.3. The summed E-state index contributed by atoms with van der Waals surface area (Å²) in [6, 6.07) is 6.69. The molecule has 4 heteroatoms. The highest BCUT2D eigenvalue weighted by Crippen LogP contribution is 2.36. The van der Waals surface area contributed by atoms with Crippen molar-refractivity contribution in [2.24, 2.45) is 0 Å². The molecule has 2 aliphatic rings. The van der Waals surface area contributed by atoms with Crippen LogP contribution in [0.5, 0.6) is 0 Å². The fourth-order valence-electron chi connectivity index (χ4n) is 3.24. The van der Waals surface area contributed by atoms with Gasteiger partial charge in [0.1, 0.15) is 0 Å². The number of aryl methyl sites for hydroxylation is 1. The number of rotatable bonds is 2. The monoisotopic (exact) mass is 301 g/mol. The number of nitrogens with zero attached hydrogens (tertiary/aromatic N) is 1. The molecule has 0 unspecified atom stereocenters. The summed E-state index contributed by atoms with van der Waals surface area (Å²) in [5.41, 5.74) is 3.17. The first-order valence-corrected chi connectivity index (χ1v) is 8.51. The van der Waals surface area contributed by atoms with Gasteiger partial charge in [-0.25, -0.2) is 0 Å². The lowest BCUT2D eigenvalue weighted by Gasteiger charge is -2.32. The third-order valence-electron chi connectivity index (χ3n) is 5.48. The van der Waals surface area contributed by atoms with E-state index in [-0.39, 0.29) is 18.3 Å². The highest BCUT2D eigenvalue weighted by Gasteiger charge is 2.52. The molecule has 1 aromatic rings. The Kier molecular flexibility index (Phi) is 4.02. The molecule has 0 aromatic heterocycles. The first kappa shape index (κ1) is 15.9. The van der Waals surface area contributed by atoms with E-state index in [0.717, 1.165) is 5.46 Å². The maximum Gasteiger partial charge on any atom is 0.495 e. The third kappa shape index (κ3) is 2.79. The summed E-state index contributed by atoms with van der Waals surface area (Å²) < 4.78 is 12.4. The minimum absolute atomic E-state index is 0.264. The van der Waals surface area contributed by atoms with Gasteiger partial charge in [0.2, 0.25) is 0 Å². The summed E-state index contributed by atoms with van der Waals surface area (Å²) in [6.07, 6.45) is 3.97. The fourth-order valence-corrected chi connectivity index (χ4v) is 3.24. The highest BCUT2D eigenvalue weighted by molar-refractivity contribution is 6.62. The highest BCUT2D eigenvalue weighted by atomic mass is 16.7. The second-order valence-electron chi connectivity index (χ2n) is 7.68. The van der Waals surface area contributed by atoms with Crippen molar-refractivity contribution >= 4 is 18.3 Å². The van der Waals surface area contributed by atoms with Gasteiger partial charge in [-0.1, -0.05) is 6.07 Å². The number of hydrogen-bond acceptors (Lipinski definition) is 3. The molecule has 3 nitrogen and oxygen atoms in total. The molecule has 0 spiro atoms. The Balaban J connectivity index is 1.81. The number of piperidine rings is 1. The van der Waals surface area contributed by atoms with Crippen molar-refractivity contribution in [2.75, 3.05) is 18.0 Å². The zero-order chi connectivity index (χ0) is 16.0. The predicted octanol–water partition coefficient (Wildman–Crippen LogP) is 3.28. The molecule has 0 radical (unpaired) electrons. The Hall–Kier alpha value is -0.995. The summed E-state index contributed by atoms with van der Waals surface area (Å²) in [4.78, 5) is 2.49. The van der Waals surface area contributed by atoms with Crippen molar-refractivity contribution in [3.63, 3.8) is 0 Å². The van der Waals surface area contributed by atoms with Gasteiger partial charge in [0, 0.05) is 18.8 Å². The lowest BCUT2D eigenvalue weighted by molar-refractivity contribution is 0.00578. The SMILES string of the molecule is Cc1cc(N2CCCCC2)ccc1B1OC(C)(C)C(C)(C)O1. The lowest BCUT2D eigenvalue weighted by atomic mass is 9.76. The summed E-state index contributed by atoms with van der Waals surface area (Å²) in [5.74, 6) is 0. The van der Waals surface area contributed by atoms with Crippen LogP contribution in [0.4, 0.5) is 5.69 Å². The van der Waals surface area contributed by atoms with Crippen LogP contribution < -0.4 is 10.4 Å². The molecule has 0 bridgehead atoms. The minimum atomic E-state index is -0.282. The van der Waals surface area contributed by atoms with Crippen molar-refractivity contribution in [2.45, 2.75) is 65.1 Å². The Morgan fingerprint density at radius 1 is 0.955 bits per heavy atom. The van der Waals surface area contributed by atoms with Crippen LogP contribution in [0.3, 0.4) is 0 Å². The molecule has 2 aliphatic heterocycles. The molecular formula is C18H28BNO2. The largest absolute Gasteiger partial charge is 0.495 e. The van der Waals surface area contributed by atoms with E-state index in [2.05, 4.69) is 57.7 Å². The fraction of sp³-hybridized carbons (Fsp3) is 0.667. The van der Waals surface area contributed by atoms with Crippen LogP contribution in [-0.4, -0.2) is 31.4 Å². The molecule has 0 atom stereocenters. The van der Waals surface area contributed by atoms with E-state index < -0.39 is 0 Å². The average molecular weight is 301 g/mol. The van der Waals surface area contributed by atoms with Crippen LogP contribution >= 0.6 is 0 Å². The van der Waals surface area contributed by atoms with E-state index in [0.29, 0.717) is 0 Å². The van der Waals surface area contributed by atoms with Crippen molar-refractivity contribution in [1.82, 2.24) is 0 Å². The van der Waals surface area contributed by atoms with E-state index >= 15 is 0 Å². The third-order valence-corrected chi connectivity index (χ3v) is 5.48. The zero-order valence-corrected chi connectivity index (χ0v) is 14.6. The van der Waals surface area contributed by atoms with Crippen molar-refractivity contribution in [3.05, 3.63) is 23.8 Å². The van der Waals surface area contributed by atoms with Gasteiger partial charge >= 0.3 is 7.12 Å². The second-order valence-corrected chi connectivity index (χ2v) is 7.68. The molecule has 2 heterocycles. The van der Waals surface area contributed by atoms with E-state index in [4.69, 9.17) is 9.31 Å². The van der Waals surface area contributed by atoms with Crippen LogP contribution in [0, 0.1) is 6.92 Å². The minimum Gasteiger partial charge on any atom is -0.399 e. The molecule has 22 heavy (non-hydrogen) atoms. The molecule has 0 N–H and O–H groups in total. The molecule has 2 saturated heterocycles. The maximum atomic E-state index is 6.18. The molecule has 2 fully saturated rings. The second kappa shape index (κ2) is 5.57. The van der Waals surface area contributed by atoms with Gasteiger partial charge in [0.15, 0.2) is 0 Å². The molecule has 0 saturated carbocycles. The van der Waals surface area contributed by atoms with Gasteiger partial charge in [0.25, 0.3) is 0 Å². The zero-order valence-electron chi connectivity index (χ0n) is 14.6. The Bertz CT molecular complexity index is 534. The van der Waals surface area contributed by atoms with E-state index in [1.807, 2.05) is 0 Å². The standard InChI is InChI=1S/C18H28BNO2/c1-14-13-15(20-11-7-6-8-12-20)9-10-16(14)19-21-17(2,3)18(4,5)22-19/h9-10,13H,6-8,11-12H2,1-5H3. The molecule has 3 rings (SSSR count). The summed E-state index contributed by atoms with van der Waals surface area (Å²) >= 11 is 0. The first-order valence-electron chi connectivity index (χ1n) is 8.51. The van der Waals surface area contributed by atoms with Crippen molar-refractivity contribution in [3.8, 4) is 0 Å². The molecule has 0 aliphatic carbocycles. The molecular weight excluding hydrogens is 273 g/mol. The quantitative estimate of drug-likeness (QED) is 0.783. The van der Waals surface area contributed by atoms with Crippen LogP contribution in [0.2, 0.25) is 0 Å². The van der Waals surface area contributed by atoms with E-state index in [9.17, 15) is 0 Å². The molecule has 0 amide bonds. The van der Waals surface area contributed by atoms with Gasteiger partial charge in [0.05, 0.1) is 11.2 Å². The summed E-state index contributed by atoms with van der Waals surface area (Å²) in [6.45, 7) is 12.9. The van der Waals surface area contributed by atoms with Crippen molar-refractivity contribution in [1.29, 1.82) is 0 Å².